The number of aromatic carboxylic acids is 1. The molecule has 2 aromatic rings. The summed E-state index contributed by atoms with van der Waals surface area (Å²) in [5.74, 6) is -0.853. The number of carboxylic acid groups (broad SMARTS) is 1. The predicted molar refractivity (Wildman–Crippen MR) is 157 cm³/mol. The van der Waals surface area contributed by atoms with Gasteiger partial charge in [-0.3, -0.25) is 9.79 Å². The summed E-state index contributed by atoms with van der Waals surface area (Å²) in [4.78, 5) is 29.7. The van der Waals surface area contributed by atoms with Gasteiger partial charge in [-0.15, -0.1) is 0 Å². The lowest BCUT2D eigenvalue weighted by molar-refractivity contribution is -0.0305. The fourth-order valence-corrected chi connectivity index (χ4v) is 4.61. The molecule has 0 bridgehead atoms. The molecule has 1 aliphatic heterocycles. The highest BCUT2D eigenvalue weighted by Gasteiger charge is 2.23. The number of carbonyl (C=O) groups is 2. The molecule has 3 N–H and O–H groups in total. The van der Waals surface area contributed by atoms with E-state index in [4.69, 9.17) is 18.6 Å². The summed E-state index contributed by atoms with van der Waals surface area (Å²) in [6.07, 6.45) is 0.454. The molecule has 4 rings (SSSR count). The van der Waals surface area contributed by atoms with Crippen LogP contribution in [0.5, 0.6) is 0 Å². The number of rotatable bonds is 13. The summed E-state index contributed by atoms with van der Waals surface area (Å²) in [7, 11) is 6.71. The molecule has 0 aromatic heterocycles. The first kappa shape index (κ1) is 29.7. The molecular weight excluding hydrogens is 526 g/mol. The summed E-state index contributed by atoms with van der Waals surface area (Å²) in [6.45, 7) is 1.67. The van der Waals surface area contributed by atoms with Gasteiger partial charge in [-0.1, -0.05) is 0 Å². The minimum Gasteiger partial charge on any atom is -0.478 e. The summed E-state index contributed by atoms with van der Waals surface area (Å²) in [6, 6.07) is 15.8. The summed E-state index contributed by atoms with van der Waals surface area (Å²) in [5, 5.41) is 17.5. The monoisotopic (exact) mass is 561 g/mol. The molecule has 0 radical (unpaired) electrons. The van der Waals surface area contributed by atoms with E-state index in [0.717, 1.165) is 16.4 Å². The number of ether oxygens (including phenoxy) is 3. The number of benzene rings is 3. The summed E-state index contributed by atoms with van der Waals surface area (Å²) < 4.78 is 22.2. The van der Waals surface area contributed by atoms with E-state index in [9.17, 15) is 14.7 Å². The summed E-state index contributed by atoms with van der Waals surface area (Å²) in [5.41, 5.74) is 3.63. The van der Waals surface area contributed by atoms with Gasteiger partial charge in [-0.2, -0.15) is 0 Å². The van der Waals surface area contributed by atoms with Crippen molar-refractivity contribution in [3.8, 4) is 22.5 Å². The molecule has 1 aliphatic carbocycles. The molecule has 0 saturated heterocycles. The van der Waals surface area contributed by atoms with Gasteiger partial charge in [0, 0.05) is 81.4 Å². The van der Waals surface area contributed by atoms with Crippen LogP contribution in [0.1, 0.15) is 27.1 Å². The van der Waals surface area contributed by atoms with Gasteiger partial charge in [0.2, 0.25) is 0 Å². The van der Waals surface area contributed by atoms with Crippen LogP contribution < -0.4 is 16.0 Å². The Labute approximate surface area is 238 Å². The first-order valence-electron chi connectivity index (χ1n) is 13.3. The number of carboxylic acids is 1. The third-order valence-corrected chi connectivity index (χ3v) is 6.77. The lowest BCUT2D eigenvalue weighted by atomic mass is 9.89. The molecule has 10 nitrogen and oxygen atoms in total. The van der Waals surface area contributed by atoms with Crippen molar-refractivity contribution in [3.05, 3.63) is 71.1 Å². The van der Waals surface area contributed by atoms with E-state index in [1.165, 1.54) is 12.1 Å². The third kappa shape index (κ3) is 6.91. The normalized spacial score (nSPS) is 12.5. The second-order valence-electron chi connectivity index (χ2n) is 9.41. The molecule has 2 aromatic carbocycles. The van der Waals surface area contributed by atoms with Gasteiger partial charge in [0.15, 0.2) is 0 Å². The quantitative estimate of drug-likeness (QED) is 0.163. The van der Waals surface area contributed by atoms with Crippen molar-refractivity contribution in [3.63, 3.8) is 0 Å². The maximum Gasteiger partial charge on any atom is 0.336 e. The molecule has 41 heavy (non-hydrogen) atoms. The number of fused-ring (bicyclic) bond motifs is 2. The topological polar surface area (TPSA) is 132 Å². The number of methoxy groups -OCH3 is 2. The van der Waals surface area contributed by atoms with Gasteiger partial charge < -0.3 is 34.4 Å². The zero-order chi connectivity index (χ0) is 29.4. The van der Waals surface area contributed by atoms with Crippen molar-refractivity contribution in [1.29, 1.82) is 0 Å². The van der Waals surface area contributed by atoms with E-state index in [-0.39, 0.29) is 17.6 Å². The molecule has 1 heterocycles. The van der Waals surface area contributed by atoms with Crippen LogP contribution in [0.15, 0.2) is 64.0 Å². The van der Waals surface area contributed by atoms with E-state index in [1.54, 1.807) is 27.3 Å². The molecular formula is C31H35N3O7. The van der Waals surface area contributed by atoms with Gasteiger partial charge in [-0.05, 0) is 54.4 Å². The second-order valence-corrected chi connectivity index (χ2v) is 9.41. The molecule has 1 atom stereocenters. The van der Waals surface area contributed by atoms with E-state index in [1.807, 2.05) is 43.4 Å². The smallest absolute Gasteiger partial charge is 0.336 e. The zero-order valence-electron chi connectivity index (χ0n) is 23.7. The van der Waals surface area contributed by atoms with Crippen LogP contribution in [-0.2, 0) is 14.2 Å². The van der Waals surface area contributed by atoms with Crippen LogP contribution in [0.25, 0.3) is 33.4 Å². The first-order chi connectivity index (χ1) is 19.9. The number of hydrogen-bond acceptors (Lipinski definition) is 8. The maximum absolute atomic E-state index is 13.1. The van der Waals surface area contributed by atoms with Crippen molar-refractivity contribution < 1.29 is 33.3 Å². The lowest BCUT2D eigenvalue weighted by Crippen LogP contribution is -2.27. The summed E-state index contributed by atoms with van der Waals surface area (Å²) >= 11 is 0. The number of carbonyl (C=O) groups excluding carboxylic acids is 1. The van der Waals surface area contributed by atoms with Crippen molar-refractivity contribution in [2.45, 2.75) is 12.5 Å². The molecule has 1 unspecified atom stereocenters. The number of nitrogens with one attached hydrogen (secondary N) is 2. The average molecular weight is 562 g/mol. The highest BCUT2D eigenvalue weighted by Crippen LogP contribution is 2.42. The van der Waals surface area contributed by atoms with Crippen LogP contribution in [0, 0.1) is 0 Å². The van der Waals surface area contributed by atoms with Crippen LogP contribution in [-0.4, -0.2) is 77.8 Å². The highest BCUT2D eigenvalue weighted by atomic mass is 16.5. The molecule has 0 spiro atoms. The second kappa shape index (κ2) is 13.9. The Balaban J connectivity index is 1.66. The number of nitrogens with zero attached hydrogens (tertiary/aromatic N) is 1. The van der Waals surface area contributed by atoms with Gasteiger partial charge in [0.25, 0.3) is 5.91 Å². The largest absolute Gasteiger partial charge is 0.478 e. The Morgan fingerprint density at radius 1 is 1.02 bits per heavy atom. The lowest BCUT2D eigenvalue weighted by Gasteiger charge is -2.18. The van der Waals surface area contributed by atoms with Crippen LogP contribution in [0.2, 0.25) is 0 Å². The molecule has 216 valence electrons. The predicted octanol–water partition coefficient (Wildman–Crippen LogP) is 4.27. The van der Waals surface area contributed by atoms with Crippen LogP contribution in [0.4, 0.5) is 5.69 Å². The van der Waals surface area contributed by atoms with E-state index in [2.05, 4.69) is 15.6 Å². The molecule has 1 amide bonds. The van der Waals surface area contributed by atoms with Gasteiger partial charge in [-0.25, -0.2) is 4.79 Å². The number of hydrogen-bond donors (Lipinski definition) is 3. The Morgan fingerprint density at radius 3 is 2.56 bits per heavy atom. The highest BCUT2D eigenvalue weighted by molar-refractivity contribution is 6.09. The molecule has 0 fully saturated rings. The van der Waals surface area contributed by atoms with Crippen molar-refractivity contribution >= 4 is 28.5 Å². The standard InChI is InChI=1S/C31H35N3O7/c1-32-20-7-10-24-27(15-20)41-28-16-21(33-2)8-11-25(28)29(24)26-14-19(6-9-23(26)31(36)37)30(35)34-12-5-13-40-18-22(39-4)17-38-3/h6-11,14-16,22,32H,5,12-13,17-18H2,1-4H3,(H,34,35)(H,36,37). The SMILES string of the molecule is CN=c1ccc2c(-c3cc(C(=O)NCCCOCC(COC)OC)ccc3C(=O)O)c3ccc(NC)cc3oc-2c1. The van der Waals surface area contributed by atoms with Crippen LogP contribution >= 0.6 is 0 Å². The van der Waals surface area contributed by atoms with E-state index < -0.39 is 5.97 Å². The van der Waals surface area contributed by atoms with Crippen LogP contribution in [0.3, 0.4) is 0 Å². The Hall–Kier alpha value is -4.25. The van der Waals surface area contributed by atoms with Crippen molar-refractivity contribution in [2.75, 3.05) is 60.0 Å². The zero-order valence-corrected chi connectivity index (χ0v) is 23.7. The van der Waals surface area contributed by atoms with Gasteiger partial charge in [0.05, 0.1) is 24.1 Å². The first-order valence-corrected chi connectivity index (χ1v) is 13.3. The van der Waals surface area contributed by atoms with Gasteiger partial charge in [0.1, 0.15) is 17.4 Å². The number of anilines is 1. The average Bonchev–Trinajstić information content (AvgIpc) is 2.99. The van der Waals surface area contributed by atoms with Gasteiger partial charge >= 0.3 is 5.97 Å². The maximum atomic E-state index is 13.1. The number of amides is 1. The fraction of sp³-hybridized carbons (Fsp3) is 0.323. The molecule has 0 saturated carbocycles. The fourth-order valence-electron chi connectivity index (χ4n) is 4.61. The van der Waals surface area contributed by atoms with E-state index in [0.29, 0.717) is 66.4 Å². The Bertz CT molecular complexity index is 1560. The molecule has 10 heteroatoms. The minimum absolute atomic E-state index is 0.0782. The third-order valence-electron chi connectivity index (χ3n) is 6.77. The van der Waals surface area contributed by atoms with E-state index >= 15 is 0 Å². The Morgan fingerprint density at radius 2 is 1.85 bits per heavy atom. The molecule has 2 aliphatic rings. The van der Waals surface area contributed by atoms with Crippen molar-refractivity contribution in [2.24, 2.45) is 4.99 Å². The van der Waals surface area contributed by atoms with Crippen molar-refractivity contribution in [1.82, 2.24) is 5.32 Å². The Kier molecular flexibility index (Phi) is 10.1. The minimum atomic E-state index is -1.10.